The number of hydrogen-bond acceptors (Lipinski definition) is 7. The number of ether oxygens (including phenoxy) is 3. The molecule has 3 rings (SSSR count). The number of Topliss-reactive ketones (excluding diaryl/α,β-unsaturated/α-hetero) is 1. The summed E-state index contributed by atoms with van der Waals surface area (Å²) in [6, 6.07) is 8.51. The largest absolute Gasteiger partial charge is 0.495 e. The van der Waals surface area contributed by atoms with Gasteiger partial charge in [0.25, 0.3) is 5.56 Å². The van der Waals surface area contributed by atoms with Gasteiger partial charge >= 0.3 is 0 Å². The molecule has 1 unspecified atom stereocenters. The van der Waals surface area contributed by atoms with Crippen molar-refractivity contribution in [3.63, 3.8) is 0 Å². The van der Waals surface area contributed by atoms with Crippen molar-refractivity contribution in [1.29, 1.82) is 0 Å². The third-order valence-electron chi connectivity index (χ3n) is 5.69. The zero-order valence-corrected chi connectivity index (χ0v) is 23.1. The van der Waals surface area contributed by atoms with E-state index in [1.165, 1.54) is 44.2 Å². The number of ketones is 1. The lowest BCUT2D eigenvalue weighted by atomic mass is 9.97. The molecular formula is C28H32ClN3O6. The van der Waals surface area contributed by atoms with Crippen molar-refractivity contribution in [2.75, 3.05) is 26.1 Å². The standard InChI is InChI=1S/C28H32ClN3O6/c1-17(33)20-9-7-18(29)13-21(20)22-14-26(34)32(16-24(22)36-5)23(11-12-38-28(2,3)4)27(35)31-19-8-10-25(37-6)30-15-19/h7-10,13-16,23H,11-12H2,1-6H3,(H,31,35). The van der Waals surface area contributed by atoms with E-state index in [2.05, 4.69) is 10.3 Å². The number of amides is 1. The summed E-state index contributed by atoms with van der Waals surface area (Å²) in [5.41, 5.74) is 0.810. The van der Waals surface area contributed by atoms with Gasteiger partial charge in [0.15, 0.2) is 5.78 Å². The molecule has 0 saturated carbocycles. The van der Waals surface area contributed by atoms with Crippen LogP contribution in [0.2, 0.25) is 5.02 Å². The Kier molecular flexibility index (Phi) is 9.30. The summed E-state index contributed by atoms with van der Waals surface area (Å²) in [7, 11) is 2.95. The fourth-order valence-electron chi connectivity index (χ4n) is 3.87. The monoisotopic (exact) mass is 541 g/mol. The van der Waals surface area contributed by atoms with Gasteiger partial charge in [-0.05, 0) is 57.5 Å². The van der Waals surface area contributed by atoms with E-state index in [4.69, 9.17) is 25.8 Å². The van der Waals surface area contributed by atoms with E-state index in [1.807, 2.05) is 20.8 Å². The molecule has 10 heteroatoms. The Morgan fingerprint density at radius 3 is 2.39 bits per heavy atom. The summed E-state index contributed by atoms with van der Waals surface area (Å²) in [6.07, 6.45) is 3.15. The Balaban J connectivity index is 2.05. The number of hydrogen-bond donors (Lipinski definition) is 1. The van der Waals surface area contributed by atoms with Crippen molar-refractivity contribution < 1.29 is 23.8 Å². The van der Waals surface area contributed by atoms with Crippen LogP contribution in [-0.2, 0) is 9.53 Å². The predicted molar refractivity (Wildman–Crippen MR) is 146 cm³/mol. The van der Waals surface area contributed by atoms with Gasteiger partial charge in [-0.3, -0.25) is 19.0 Å². The number of aromatic nitrogens is 2. The fourth-order valence-corrected chi connectivity index (χ4v) is 4.04. The Hall–Kier alpha value is -3.69. The van der Waals surface area contributed by atoms with Crippen molar-refractivity contribution in [3.05, 3.63) is 69.7 Å². The lowest BCUT2D eigenvalue weighted by Gasteiger charge is -2.24. The number of nitrogens with zero attached hydrogens (tertiary/aromatic N) is 2. The Morgan fingerprint density at radius 1 is 1.08 bits per heavy atom. The molecule has 38 heavy (non-hydrogen) atoms. The SMILES string of the molecule is COc1ccc(NC(=O)C(CCOC(C)(C)C)n2cc(OC)c(-c3cc(Cl)ccc3C(C)=O)cc2=O)cn1. The van der Waals surface area contributed by atoms with Crippen molar-refractivity contribution in [2.24, 2.45) is 0 Å². The third-order valence-corrected chi connectivity index (χ3v) is 5.93. The number of carbonyl (C=O) groups excluding carboxylic acids is 2. The number of anilines is 1. The maximum atomic E-state index is 13.4. The maximum absolute atomic E-state index is 13.4. The molecule has 3 aromatic rings. The summed E-state index contributed by atoms with van der Waals surface area (Å²) in [6.45, 7) is 7.39. The average Bonchev–Trinajstić information content (AvgIpc) is 2.86. The number of halogens is 1. The molecule has 202 valence electrons. The van der Waals surface area contributed by atoms with Crippen LogP contribution in [0.25, 0.3) is 11.1 Å². The Labute approximate surface area is 226 Å². The van der Waals surface area contributed by atoms with Crippen LogP contribution in [0.15, 0.2) is 53.6 Å². The predicted octanol–water partition coefficient (Wildman–Crippen LogP) is 5.17. The van der Waals surface area contributed by atoms with Crippen LogP contribution >= 0.6 is 11.6 Å². The Bertz CT molecular complexity index is 1360. The number of carbonyl (C=O) groups is 2. The first-order chi connectivity index (χ1) is 17.9. The smallest absolute Gasteiger partial charge is 0.252 e. The molecule has 2 heterocycles. The molecular weight excluding hydrogens is 510 g/mol. The molecule has 2 aromatic heterocycles. The van der Waals surface area contributed by atoms with E-state index in [0.717, 1.165) is 0 Å². The van der Waals surface area contributed by atoms with Crippen molar-refractivity contribution >= 4 is 29.0 Å². The molecule has 0 saturated heterocycles. The first-order valence-electron chi connectivity index (χ1n) is 12.0. The van der Waals surface area contributed by atoms with E-state index in [0.29, 0.717) is 39.0 Å². The minimum atomic E-state index is -0.929. The van der Waals surface area contributed by atoms with E-state index >= 15 is 0 Å². The van der Waals surface area contributed by atoms with Crippen LogP contribution in [0.1, 0.15) is 50.5 Å². The zero-order chi connectivity index (χ0) is 28.0. The molecule has 0 radical (unpaired) electrons. The molecule has 1 N–H and O–H groups in total. The molecule has 0 aliphatic rings. The molecule has 0 fully saturated rings. The van der Waals surface area contributed by atoms with Gasteiger partial charge in [0.1, 0.15) is 11.8 Å². The zero-order valence-electron chi connectivity index (χ0n) is 22.3. The van der Waals surface area contributed by atoms with Gasteiger partial charge in [0.2, 0.25) is 11.8 Å². The van der Waals surface area contributed by atoms with Gasteiger partial charge in [-0.2, -0.15) is 0 Å². The van der Waals surface area contributed by atoms with Crippen LogP contribution in [-0.4, -0.2) is 47.7 Å². The van der Waals surface area contributed by atoms with Crippen LogP contribution in [0.3, 0.4) is 0 Å². The van der Waals surface area contributed by atoms with E-state index in [1.54, 1.807) is 30.3 Å². The summed E-state index contributed by atoms with van der Waals surface area (Å²) < 4.78 is 17.8. The van der Waals surface area contributed by atoms with Crippen LogP contribution in [0.4, 0.5) is 5.69 Å². The molecule has 0 spiro atoms. The topological polar surface area (TPSA) is 109 Å². The van der Waals surface area contributed by atoms with Crippen molar-refractivity contribution in [1.82, 2.24) is 9.55 Å². The minimum absolute atomic E-state index is 0.187. The minimum Gasteiger partial charge on any atom is -0.495 e. The molecule has 0 aliphatic carbocycles. The second kappa shape index (κ2) is 12.2. The highest BCUT2D eigenvalue weighted by atomic mass is 35.5. The van der Waals surface area contributed by atoms with Crippen LogP contribution in [0.5, 0.6) is 11.6 Å². The lowest BCUT2D eigenvalue weighted by molar-refractivity contribution is -0.120. The van der Waals surface area contributed by atoms with Crippen LogP contribution < -0.4 is 20.3 Å². The average molecular weight is 542 g/mol. The number of benzene rings is 1. The van der Waals surface area contributed by atoms with Gasteiger partial charge in [-0.25, -0.2) is 4.98 Å². The normalized spacial score (nSPS) is 12.1. The van der Waals surface area contributed by atoms with Gasteiger partial charge in [0, 0.05) is 41.3 Å². The molecule has 9 nitrogen and oxygen atoms in total. The molecule has 1 amide bonds. The van der Waals surface area contributed by atoms with Crippen molar-refractivity contribution in [2.45, 2.75) is 45.8 Å². The van der Waals surface area contributed by atoms with Crippen LogP contribution in [0, 0.1) is 0 Å². The van der Waals surface area contributed by atoms with E-state index in [-0.39, 0.29) is 18.8 Å². The first-order valence-corrected chi connectivity index (χ1v) is 12.4. The lowest BCUT2D eigenvalue weighted by Crippen LogP contribution is -2.34. The molecule has 0 bridgehead atoms. The maximum Gasteiger partial charge on any atom is 0.252 e. The fraction of sp³-hybridized carbons (Fsp3) is 0.357. The summed E-state index contributed by atoms with van der Waals surface area (Å²) in [5, 5.41) is 3.21. The highest BCUT2D eigenvalue weighted by Crippen LogP contribution is 2.34. The second-order valence-electron chi connectivity index (χ2n) is 9.59. The van der Waals surface area contributed by atoms with Gasteiger partial charge < -0.3 is 19.5 Å². The number of methoxy groups -OCH3 is 2. The highest BCUT2D eigenvalue weighted by molar-refractivity contribution is 6.31. The third kappa shape index (κ3) is 7.20. The first kappa shape index (κ1) is 28.9. The van der Waals surface area contributed by atoms with Crippen molar-refractivity contribution in [3.8, 4) is 22.8 Å². The Morgan fingerprint density at radius 2 is 1.82 bits per heavy atom. The van der Waals surface area contributed by atoms with Gasteiger partial charge in [-0.1, -0.05) is 11.6 Å². The number of pyridine rings is 2. The summed E-state index contributed by atoms with van der Waals surface area (Å²) in [5.74, 6) is 0.0850. The van der Waals surface area contributed by atoms with E-state index < -0.39 is 23.1 Å². The number of rotatable bonds is 10. The molecule has 0 aliphatic heterocycles. The van der Waals surface area contributed by atoms with E-state index in [9.17, 15) is 14.4 Å². The summed E-state index contributed by atoms with van der Waals surface area (Å²) in [4.78, 5) is 43.2. The molecule has 1 atom stereocenters. The van der Waals surface area contributed by atoms with Gasteiger partial charge in [-0.15, -0.1) is 0 Å². The molecule has 1 aromatic carbocycles. The number of nitrogens with one attached hydrogen (secondary N) is 1. The second-order valence-corrected chi connectivity index (χ2v) is 10.0. The van der Waals surface area contributed by atoms with Gasteiger partial charge in [0.05, 0.1) is 37.9 Å². The highest BCUT2D eigenvalue weighted by Gasteiger charge is 2.25. The quantitative estimate of drug-likeness (QED) is 0.353. The summed E-state index contributed by atoms with van der Waals surface area (Å²) >= 11 is 6.20.